The topological polar surface area (TPSA) is 115 Å². The van der Waals surface area contributed by atoms with Crippen molar-refractivity contribution in [2.24, 2.45) is 5.92 Å². The average Bonchev–Trinajstić information content (AvgIpc) is 2.25. The molecule has 1 rings (SSSR count). The summed E-state index contributed by atoms with van der Waals surface area (Å²) in [6, 6.07) is 2.42. The highest BCUT2D eigenvalue weighted by molar-refractivity contribution is 7.92. The van der Waals surface area contributed by atoms with Crippen molar-refractivity contribution in [1.29, 1.82) is 0 Å². The number of carbonyl (C=O) groups is 1. The summed E-state index contributed by atoms with van der Waals surface area (Å²) >= 11 is 0. The Morgan fingerprint density at radius 2 is 2.00 bits per heavy atom. The second kappa shape index (κ2) is 6.17. The van der Waals surface area contributed by atoms with Gasteiger partial charge in [0.2, 0.25) is 0 Å². The van der Waals surface area contributed by atoms with Crippen molar-refractivity contribution >= 4 is 21.5 Å². The fourth-order valence-corrected chi connectivity index (χ4v) is 3.99. The molecule has 0 saturated carbocycles. The zero-order valence-electron chi connectivity index (χ0n) is 11.3. The van der Waals surface area contributed by atoms with E-state index in [0.717, 1.165) is 18.2 Å². The molecular weight excluding hydrogens is 305 g/mol. The largest absolute Gasteiger partial charge is 0.480 e. The van der Waals surface area contributed by atoms with E-state index in [9.17, 15) is 27.7 Å². The van der Waals surface area contributed by atoms with E-state index in [2.05, 4.69) is 0 Å². The predicted octanol–water partition coefficient (Wildman–Crippen LogP) is 1.76. The first-order chi connectivity index (χ1) is 9.56. The van der Waals surface area contributed by atoms with E-state index in [0.29, 0.717) is 0 Å². The van der Waals surface area contributed by atoms with Crippen LogP contribution in [-0.4, -0.2) is 29.7 Å². The van der Waals surface area contributed by atoms with Gasteiger partial charge in [-0.05, 0) is 18.1 Å². The number of nitro groups is 1. The quantitative estimate of drug-likeness (QED) is 0.631. The summed E-state index contributed by atoms with van der Waals surface area (Å²) < 4.78 is 37.5. The Bertz CT molecular complexity index is 670. The summed E-state index contributed by atoms with van der Waals surface area (Å²) in [6.07, 6.45) is 0. The Balaban J connectivity index is 3.29. The molecule has 9 heteroatoms. The number of carboxylic acids is 1. The summed E-state index contributed by atoms with van der Waals surface area (Å²) in [4.78, 5) is 21.1. The second-order valence-electron chi connectivity index (χ2n) is 4.84. The smallest absolute Gasteiger partial charge is 0.322 e. The Kier molecular flexibility index (Phi) is 5.00. The normalized spacial score (nSPS) is 13.1. The van der Waals surface area contributed by atoms with Crippen molar-refractivity contribution in [3.05, 3.63) is 39.7 Å². The third-order valence-electron chi connectivity index (χ3n) is 2.83. The van der Waals surface area contributed by atoms with Gasteiger partial charge in [-0.3, -0.25) is 14.9 Å². The molecule has 0 aliphatic heterocycles. The van der Waals surface area contributed by atoms with E-state index in [-0.39, 0.29) is 5.56 Å². The van der Waals surface area contributed by atoms with Crippen LogP contribution in [0.3, 0.4) is 0 Å². The van der Waals surface area contributed by atoms with Crippen LogP contribution in [0, 0.1) is 21.8 Å². The van der Waals surface area contributed by atoms with E-state index in [1.807, 2.05) is 0 Å². The summed E-state index contributed by atoms with van der Waals surface area (Å²) in [6.45, 7) is 2.83. The molecule has 21 heavy (non-hydrogen) atoms. The fourth-order valence-electron chi connectivity index (χ4n) is 2.01. The van der Waals surface area contributed by atoms with E-state index in [1.165, 1.54) is 13.8 Å². The lowest BCUT2D eigenvalue weighted by Gasteiger charge is -2.16. The van der Waals surface area contributed by atoms with Crippen LogP contribution in [0.1, 0.15) is 19.4 Å². The highest BCUT2D eigenvalue weighted by Crippen LogP contribution is 2.25. The summed E-state index contributed by atoms with van der Waals surface area (Å²) in [5.41, 5.74) is -0.931. The van der Waals surface area contributed by atoms with Crippen LogP contribution in [0.25, 0.3) is 0 Å². The first-order valence-electron chi connectivity index (χ1n) is 5.93. The fraction of sp³-hybridized carbons (Fsp3) is 0.417. The molecule has 0 fully saturated rings. The number of aliphatic carboxylic acids is 1. The highest BCUT2D eigenvalue weighted by Gasteiger charge is 2.36. The SMILES string of the molecule is CC(C)C(C(=O)O)S(=O)(=O)Cc1cc(F)ccc1[N+](=O)[O-]. The maximum Gasteiger partial charge on any atom is 0.322 e. The molecule has 1 atom stereocenters. The third kappa shape index (κ3) is 3.97. The Hall–Kier alpha value is -2.03. The zero-order valence-corrected chi connectivity index (χ0v) is 12.1. The lowest BCUT2D eigenvalue weighted by molar-refractivity contribution is -0.385. The van der Waals surface area contributed by atoms with Crippen LogP contribution in [0.2, 0.25) is 0 Å². The molecule has 0 spiro atoms. The van der Waals surface area contributed by atoms with E-state index in [1.54, 1.807) is 0 Å². The average molecular weight is 319 g/mol. The van der Waals surface area contributed by atoms with Crippen LogP contribution < -0.4 is 0 Å². The maximum absolute atomic E-state index is 13.2. The molecule has 0 radical (unpaired) electrons. The summed E-state index contributed by atoms with van der Waals surface area (Å²) in [5, 5.41) is 18.1. The molecule has 0 aliphatic carbocycles. The van der Waals surface area contributed by atoms with E-state index >= 15 is 0 Å². The molecule has 0 heterocycles. The van der Waals surface area contributed by atoms with Gasteiger partial charge in [0.15, 0.2) is 15.1 Å². The van der Waals surface area contributed by atoms with Crippen molar-refractivity contribution < 1.29 is 27.6 Å². The molecule has 0 saturated heterocycles. The molecule has 1 aromatic carbocycles. The Labute approximate surface area is 120 Å². The maximum atomic E-state index is 13.2. The van der Waals surface area contributed by atoms with Gasteiger partial charge in [0, 0.05) is 11.6 Å². The number of hydrogen-bond donors (Lipinski definition) is 1. The molecule has 1 N–H and O–H groups in total. The number of sulfone groups is 1. The van der Waals surface area contributed by atoms with Gasteiger partial charge in [0.25, 0.3) is 5.69 Å². The Morgan fingerprint density at radius 3 is 2.43 bits per heavy atom. The monoisotopic (exact) mass is 319 g/mol. The molecule has 0 aliphatic rings. The van der Waals surface area contributed by atoms with Gasteiger partial charge in [-0.1, -0.05) is 13.8 Å². The summed E-state index contributed by atoms with van der Waals surface area (Å²) in [7, 11) is -4.22. The summed E-state index contributed by atoms with van der Waals surface area (Å²) in [5.74, 6) is -4.00. The molecule has 1 unspecified atom stereocenters. The molecule has 0 aromatic heterocycles. The van der Waals surface area contributed by atoms with Crippen LogP contribution in [-0.2, 0) is 20.4 Å². The van der Waals surface area contributed by atoms with Crippen molar-refractivity contribution in [3.8, 4) is 0 Å². The van der Waals surface area contributed by atoms with Gasteiger partial charge < -0.3 is 5.11 Å². The van der Waals surface area contributed by atoms with Gasteiger partial charge in [-0.15, -0.1) is 0 Å². The molecule has 1 aromatic rings. The van der Waals surface area contributed by atoms with Crippen molar-refractivity contribution in [3.63, 3.8) is 0 Å². The van der Waals surface area contributed by atoms with Crippen LogP contribution in [0.15, 0.2) is 18.2 Å². The number of halogens is 1. The lowest BCUT2D eigenvalue weighted by atomic mass is 10.1. The van der Waals surface area contributed by atoms with Gasteiger partial charge >= 0.3 is 5.97 Å². The van der Waals surface area contributed by atoms with Crippen molar-refractivity contribution in [2.45, 2.75) is 24.9 Å². The number of rotatable bonds is 6. The number of nitrogens with zero attached hydrogens (tertiary/aromatic N) is 1. The molecular formula is C12H14FNO6S. The number of hydrogen-bond acceptors (Lipinski definition) is 5. The predicted molar refractivity (Wildman–Crippen MR) is 71.9 cm³/mol. The van der Waals surface area contributed by atoms with Crippen LogP contribution >= 0.6 is 0 Å². The highest BCUT2D eigenvalue weighted by atomic mass is 32.2. The molecule has 7 nitrogen and oxygen atoms in total. The second-order valence-corrected chi connectivity index (χ2v) is 6.96. The lowest BCUT2D eigenvalue weighted by Crippen LogP contribution is -2.35. The van der Waals surface area contributed by atoms with Gasteiger partial charge in [-0.25, -0.2) is 12.8 Å². The molecule has 116 valence electrons. The van der Waals surface area contributed by atoms with Crippen LogP contribution in [0.5, 0.6) is 0 Å². The minimum Gasteiger partial charge on any atom is -0.480 e. The number of nitro benzene ring substituents is 1. The zero-order chi connectivity index (χ0) is 16.4. The standard InChI is InChI=1S/C12H14FNO6S/c1-7(2)11(12(15)16)21(19,20)6-8-5-9(13)3-4-10(8)14(17)18/h3-5,7,11H,6H2,1-2H3,(H,15,16). The minimum atomic E-state index is -4.22. The van der Waals surface area contributed by atoms with Gasteiger partial charge in [-0.2, -0.15) is 0 Å². The molecule has 0 bridgehead atoms. The first-order valence-corrected chi connectivity index (χ1v) is 7.65. The Morgan fingerprint density at radius 1 is 1.43 bits per heavy atom. The number of carboxylic acid groups (broad SMARTS) is 1. The van der Waals surface area contributed by atoms with E-state index in [4.69, 9.17) is 5.11 Å². The first kappa shape index (κ1) is 17.0. The third-order valence-corrected chi connectivity index (χ3v) is 5.06. The van der Waals surface area contributed by atoms with E-state index < -0.39 is 49.2 Å². The van der Waals surface area contributed by atoms with Crippen molar-refractivity contribution in [2.75, 3.05) is 0 Å². The minimum absolute atomic E-state index is 0.369. The van der Waals surface area contributed by atoms with Crippen molar-refractivity contribution in [1.82, 2.24) is 0 Å². The van der Waals surface area contributed by atoms with Crippen LogP contribution in [0.4, 0.5) is 10.1 Å². The van der Waals surface area contributed by atoms with Gasteiger partial charge in [0.05, 0.1) is 10.7 Å². The molecule has 0 amide bonds. The van der Waals surface area contributed by atoms with Gasteiger partial charge in [0.1, 0.15) is 5.82 Å². The number of benzene rings is 1.